The minimum Gasteiger partial charge on any atom is -0.383 e. The Hall–Kier alpha value is -3.01. The summed E-state index contributed by atoms with van der Waals surface area (Å²) in [7, 11) is 0. The second kappa shape index (κ2) is 7.55. The van der Waals surface area contributed by atoms with Crippen molar-refractivity contribution in [3.63, 3.8) is 0 Å². The molecule has 10 heteroatoms. The van der Waals surface area contributed by atoms with Crippen LogP contribution in [0.1, 0.15) is 21.6 Å². The summed E-state index contributed by atoms with van der Waals surface area (Å²) in [5.74, 6) is -1.51. The first-order valence-corrected chi connectivity index (χ1v) is 8.34. The maximum Gasteiger partial charge on any atom is 0.405 e. The first kappa shape index (κ1) is 19.7. The number of nitrogens with two attached hydrogens (primary N) is 1. The molecule has 28 heavy (non-hydrogen) atoms. The molecule has 1 fully saturated rings. The van der Waals surface area contributed by atoms with Crippen LogP contribution >= 0.6 is 0 Å². The van der Waals surface area contributed by atoms with Crippen LogP contribution in [-0.2, 0) is 0 Å². The number of rotatable bonds is 4. The van der Waals surface area contributed by atoms with Crippen molar-refractivity contribution in [3.8, 4) is 0 Å². The van der Waals surface area contributed by atoms with Crippen LogP contribution in [0.15, 0.2) is 37.0 Å². The van der Waals surface area contributed by atoms with Gasteiger partial charge < -0.3 is 16.0 Å². The van der Waals surface area contributed by atoms with Gasteiger partial charge in [0.1, 0.15) is 29.2 Å². The molecule has 1 aliphatic heterocycles. The number of alkyl halides is 3. The van der Waals surface area contributed by atoms with Gasteiger partial charge in [0.2, 0.25) is 5.78 Å². The third kappa shape index (κ3) is 3.96. The van der Waals surface area contributed by atoms with E-state index in [-0.39, 0.29) is 48.1 Å². The minimum absolute atomic E-state index is 0.0168. The number of pyridine rings is 2. The molecule has 1 unspecified atom stereocenters. The molecular formula is C18H17F4N5O. The SMILES string of the molecule is C=C(F)c1ccc(N2CCNC(C(F)(F)F)C2)nc1C(=O)c1cccnc1N. The maximum absolute atomic E-state index is 13.9. The molecule has 0 saturated carbocycles. The van der Waals surface area contributed by atoms with Gasteiger partial charge >= 0.3 is 6.18 Å². The molecule has 3 rings (SSSR count). The number of nitrogens with zero attached hydrogens (tertiary/aromatic N) is 3. The fourth-order valence-corrected chi connectivity index (χ4v) is 2.93. The lowest BCUT2D eigenvalue weighted by Gasteiger charge is -2.35. The van der Waals surface area contributed by atoms with E-state index < -0.39 is 23.8 Å². The fourth-order valence-electron chi connectivity index (χ4n) is 2.93. The van der Waals surface area contributed by atoms with Gasteiger partial charge in [0.05, 0.1) is 5.56 Å². The normalized spacial score (nSPS) is 17.4. The molecule has 0 spiro atoms. The number of anilines is 2. The molecule has 0 bridgehead atoms. The highest BCUT2D eigenvalue weighted by Gasteiger charge is 2.42. The average molecular weight is 395 g/mol. The van der Waals surface area contributed by atoms with Crippen molar-refractivity contribution in [2.75, 3.05) is 30.3 Å². The zero-order chi connectivity index (χ0) is 20.5. The Kier molecular flexibility index (Phi) is 5.32. The van der Waals surface area contributed by atoms with E-state index in [1.165, 1.54) is 35.4 Å². The van der Waals surface area contributed by atoms with Crippen LogP contribution in [0.5, 0.6) is 0 Å². The van der Waals surface area contributed by atoms with E-state index in [2.05, 4.69) is 21.9 Å². The van der Waals surface area contributed by atoms with E-state index in [0.717, 1.165) is 0 Å². The van der Waals surface area contributed by atoms with E-state index in [1.54, 1.807) is 0 Å². The second-order valence-electron chi connectivity index (χ2n) is 6.23. The van der Waals surface area contributed by atoms with Crippen molar-refractivity contribution in [2.45, 2.75) is 12.2 Å². The Morgan fingerprint density at radius 1 is 1.29 bits per heavy atom. The molecule has 0 aromatic carbocycles. The van der Waals surface area contributed by atoms with Crippen LogP contribution in [0.4, 0.5) is 29.2 Å². The molecule has 0 radical (unpaired) electrons. The molecule has 3 N–H and O–H groups in total. The summed E-state index contributed by atoms with van der Waals surface area (Å²) in [6.07, 6.45) is -3.03. The van der Waals surface area contributed by atoms with Gasteiger partial charge in [-0.3, -0.25) is 4.79 Å². The average Bonchev–Trinajstić information content (AvgIpc) is 2.66. The number of piperazine rings is 1. The summed E-state index contributed by atoms with van der Waals surface area (Å²) in [5, 5.41) is 2.40. The van der Waals surface area contributed by atoms with Gasteiger partial charge in [0.15, 0.2) is 0 Å². The number of ketones is 1. The van der Waals surface area contributed by atoms with E-state index in [0.29, 0.717) is 0 Å². The first-order chi connectivity index (χ1) is 13.2. The summed E-state index contributed by atoms with van der Waals surface area (Å²) < 4.78 is 52.9. The van der Waals surface area contributed by atoms with Crippen molar-refractivity contribution in [3.05, 3.63) is 53.9 Å². The van der Waals surface area contributed by atoms with Crippen molar-refractivity contribution in [1.82, 2.24) is 15.3 Å². The van der Waals surface area contributed by atoms with Gasteiger partial charge in [-0.05, 0) is 24.3 Å². The molecule has 0 aliphatic carbocycles. The number of halogens is 4. The number of hydrogen-bond donors (Lipinski definition) is 2. The van der Waals surface area contributed by atoms with Gasteiger partial charge in [0, 0.05) is 31.4 Å². The third-order valence-electron chi connectivity index (χ3n) is 4.37. The summed E-state index contributed by atoms with van der Waals surface area (Å²) in [6, 6.07) is 3.81. The second-order valence-corrected chi connectivity index (χ2v) is 6.23. The van der Waals surface area contributed by atoms with E-state index in [1.807, 2.05) is 0 Å². The zero-order valence-corrected chi connectivity index (χ0v) is 14.6. The molecule has 2 aromatic rings. The van der Waals surface area contributed by atoms with E-state index in [9.17, 15) is 22.4 Å². The molecule has 2 aromatic heterocycles. The number of hydrogen-bond acceptors (Lipinski definition) is 6. The van der Waals surface area contributed by atoms with Crippen molar-refractivity contribution >= 4 is 23.2 Å². The Bertz CT molecular complexity index is 915. The van der Waals surface area contributed by atoms with Gasteiger partial charge in [-0.2, -0.15) is 13.2 Å². The molecule has 0 amide bonds. The predicted octanol–water partition coefficient (Wildman–Crippen LogP) is 2.57. The van der Waals surface area contributed by atoms with Crippen LogP contribution in [0.25, 0.3) is 5.83 Å². The number of nitrogen functional groups attached to an aromatic ring is 1. The summed E-state index contributed by atoms with van der Waals surface area (Å²) in [4.78, 5) is 22.2. The highest BCUT2D eigenvalue weighted by molar-refractivity contribution is 6.12. The third-order valence-corrected chi connectivity index (χ3v) is 4.37. The monoisotopic (exact) mass is 395 g/mol. The summed E-state index contributed by atoms with van der Waals surface area (Å²) >= 11 is 0. The molecule has 1 saturated heterocycles. The Balaban J connectivity index is 2.00. The number of carbonyl (C=O) groups is 1. The Morgan fingerprint density at radius 2 is 2.04 bits per heavy atom. The molecule has 6 nitrogen and oxygen atoms in total. The standard InChI is InChI=1S/C18H17F4N5O/c1-10(19)11-4-5-14(27-8-7-24-13(9-27)18(20,21)22)26-15(11)16(28)12-3-2-6-25-17(12)23/h2-6,13,24H,1,7-9H2,(H2,23,25). The van der Waals surface area contributed by atoms with Crippen LogP contribution in [0.2, 0.25) is 0 Å². The highest BCUT2D eigenvalue weighted by atomic mass is 19.4. The lowest BCUT2D eigenvalue weighted by atomic mass is 10.0. The van der Waals surface area contributed by atoms with Gasteiger partial charge in [-0.1, -0.05) is 6.58 Å². The summed E-state index contributed by atoms with van der Waals surface area (Å²) in [5.41, 5.74) is 5.29. The lowest BCUT2D eigenvalue weighted by Crippen LogP contribution is -2.57. The number of carbonyl (C=O) groups excluding carboxylic acids is 1. The van der Waals surface area contributed by atoms with Crippen LogP contribution < -0.4 is 16.0 Å². The first-order valence-electron chi connectivity index (χ1n) is 8.34. The van der Waals surface area contributed by atoms with Crippen molar-refractivity contribution in [2.24, 2.45) is 0 Å². The zero-order valence-electron chi connectivity index (χ0n) is 14.6. The van der Waals surface area contributed by atoms with Gasteiger partial charge in [-0.15, -0.1) is 0 Å². The lowest BCUT2D eigenvalue weighted by molar-refractivity contribution is -0.155. The predicted molar refractivity (Wildman–Crippen MR) is 96.5 cm³/mol. The highest BCUT2D eigenvalue weighted by Crippen LogP contribution is 2.28. The fraction of sp³-hybridized carbons (Fsp3) is 0.278. The van der Waals surface area contributed by atoms with Gasteiger partial charge in [0.25, 0.3) is 0 Å². The quantitative estimate of drug-likeness (QED) is 0.612. The maximum atomic E-state index is 13.9. The molecular weight excluding hydrogens is 378 g/mol. The van der Waals surface area contributed by atoms with Crippen molar-refractivity contribution < 1.29 is 22.4 Å². The van der Waals surface area contributed by atoms with Gasteiger partial charge in [-0.25, -0.2) is 14.4 Å². The van der Waals surface area contributed by atoms with Crippen molar-refractivity contribution in [1.29, 1.82) is 0 Å². The Morgan fingerprint density at radius 3 is 2.68 bits per heavy atom. The smallest absolute Gasteiger partial charge is 0.383 e. The van der Waals surface area contributed by atoms with E-state index >= 15 is 0 Å². The topological polar surface area (TPSA) is 84.1 Å². The minimum atomic E-state index is -4.42. The van der Waals surface area contributed by atoms with Crippen LogP contribution in [-0.4, -0.2) is 47.6 Å². The summed E-state index contributed by atoms with van der Waals surface area (Å²) in [6.45, 7) is 3.15. The van der Waals surface area contributed by atoms with Crippen LogP contribution in [0.3, 0.4) is 0 Å². The number of nitrogens with one attached hydrogen (secondary N) is 1. The molecule has 148 valence electrons. The molecule has 3 heterocycles. The Labute approximate surface area is 158 Å². The number of aromatic nitrogens is 2. The molecule has 1 aliphatic rings. The largest absolute Gasteiger partial charge is 0.405 e. The van der Waals surface area contributed by atoms with E-state index in [4.69, 9.17) is 5.73 Å². The van der Waals surface area contributed by atoms with Crippen LogP contribution in [0, 0.1) is 0 Å². The molecule has 1 atom stereocenters.